The predicted molar refractivity (Wildman–Crippen MR) is 126 cm³/mol. The highest BCUT2D eigenvalue weighted by molar-refractivity contribution is 5.91. The van der Waals surface area contributed by atoms with Crippen molar-refractivity contribution in [2.24, 2.45) is 5.92 Å². The quantitative estimate of drug-likeness (QED) is 0.644. The second-order valence-electron chi connectivity index (χ2n) is 9.82. The molecule has 7 heteroatoms. The molecule has 2 N–H and O–H groups in total. The number of alkyl carbamates (subject to hydrolysis) is 1. The van der Waals surface area contributed by atoms with E-state index in [9.17, 15) is 19.5 Å². The van der Waals surface area contributed by atoms with E-state index >= 15 is 0 Å². The minimum atomic E-state index is -1.09. The van der Waals surface area contributed by atoms with Gasteiger partial charge in [0.2, 0.25) is 5.91 Å². The molecule has 2 amide bonds. The SMILES string of the molecule is CC(NC(=O)OCC1c2ccccc2-c2ccccc21)(C(=O)N1CCC[C@H]1CC(=O)O)C1CC1. The van der Waals surface area contributed by atoms with Crippen LogP contribution < -0.4 is 5.32 Å². The van der Waals surface area contributed by atoms with Gasteiger partial charge in [0.15, 0.2) is 0 Å². The Morgan fingerprint density at radius 3 is 2.24 bits per heavy atom. The number of carbonyl (C=O) groups is 3. The molecule has 5 rings (SSSR count). The van der Waals surface area contributed by atoms with E-state index in [1.54, 1.807) is 11.8 Å². The van der Waals surface area contributed by atoms with Crippen molar-refractivity contribution in [3.63, 3.8) is 0 Å². The summed E-state index contributed by atoms with van der Waals surface area (Å²) in [5.41, 5.74) is 3.48. The first-order valence-corrected chi connectivity index (χ1v) is 12.0. The summed E-state index contributed by atoms with van der Waals surface area (Å²) in [6.07, 6.45) is 2.46. The van der Waals surface area contributed by atoms with Crippen LogP contribution in [0, 0.1) is 5.92 Å². The first kappa shape index (κ1) is 22.4. The smallest absolute Gasteiger partial charge is 0.408 e. The van der Waals surface area contributed by atoms with Crippen molar-refractivity contribution >= 4 is 18.0 Å². The highest BCUT2D eigenvalue weighted by Crippen LogP contribution is 2.45. The number of benzene rings is 2. The van der Waals surface area contributed by atoms with Crippen LogP contribution >= 0.6 is 0 Å². The highest BCUT2D eigenvalue weighted by Gasteiger charge is 2.52. The fourth-order valence-corrected chi connectivity index (χ4v) is 5.65. The molecule has 0 radical (unpaired) electrons. The summed E-state index contributed by atoms with van der Waals surface area (Å²) in [6.45, 7) is 2.45. The highest BCUT2D eigenvalue weighted by atomic mass is 16.5. The van der Waals surface area contributed by atoms with E-state index in [2.05, 4.69) is 29.6 Å². The van der Waals surface area contributed by atoms with Gasteiger partial charge in [-0.3, -0.25) is 9.59 Å². The van der Waals surface area contributed by atoms with E-state index in [0.717, 1.165) is 41.5 Å². The van der Waals surface area contributed by atoms with Crippen LogP contribution in [0.4, 0.5) is 4.79 Å². The van der Waals surface area contributed by atoms with Gasteiger partial charge < -0.3 is 20.1 Å². The van der Waals surface area contributed by atoms with Crippen molar-refractivity contribution in [2.45, 2.75) is 56.5 Å². The number of carboxylic acid groups (broad SMARTS) is 1. The molecule has 1 saturated heterocycles. The molecular weight excluding hydrogens is 432 g/mol. The van der Waals surface area contributed by atoms with Crippen molar-refractivity contribution in [3.8, 4) is 11.1 Å². The molecule has 178 valence electrons. The molecule has 2 aliphatic carbocycles. The van der Waals surface area contributed by atoms with E-state index in [1.165, 1.54) is 0 Å². The zero-order chi connectivity index (χ0) is 23.9. The average molecular weight is 463 g/mol. The van der Waals surface area contributed by atoms with Crippen LogP contribution in [0.3, 0.4) is 0 Å². The molecule has 34 heavy (non-hydrogen) atoms. The van der Waals surface area contributed by atoms with Crippen molar-refractivity contribution in [1.82, 2.24) is 10.2 Å². The number of hydrogen-bond donors (Lipinski definition) is 2. The number of ether oxygens (including phenoxy) is 1. The summed E-state index contributed by atoms with van der Waals surface area (Å²) in [4.78, 5) is 39.4. The van der Waals surface area contributed by atoms with E-state index < -0.39 is 17.6 Å². The Balaban J connectivity index is 1.29. The lowest BCUT2D eigenvalue weighted by Crippen LogP contribution is -2.60. The van der Waals surface area contributed by atoms with Crippen LogP contribution in [0.1, 0.15) is 56.1 Å². The van der Waals surface area contributed by atoms with Gasteiger partial charge in [-0.05, 0) is 60.8 Å². The summed E-state index contributed by atoms with van der Waals surface area (Å²) in [5, 5.41) is 12.1. The maximum atomic E-state index is 13.5. The molecule has 2 aromatic carbocycles. The number of fused-ring (bicyclic) bond motifs is 3. The van der Waals surface area contributed by atoms with Gasteiger partial charge in [0.05, 0.1) is 6.42 Å². The minimum absolute atomic E-state index is 0.0339. The van der Waals surface area contributed by atoms with E-state index in [4.69, 9.17) is 4.74 Å². The number of aliphatic carboxylic acids is 1. The lowest BCUT2D eigenvalue weighted by atomic mass is 9.93. The van der Waals surface area contributed by atoms with E-state index in [1.807, 2.05) is 24.3 Å². The van der Waals surface area contributed by atoms with E-state index in [-0.39, 0.29) is 36.8 Å². The van der Waals surface area contributed by atoms with Crippen molar-refractivity contribution < 1.29 is 24.2 Å². The van der Waals surface area contributed by atoms with Gasteiger partial charge in [-0.1, -0.05) is 48.5 Å². The molecule has 0 bridgehead atoms. The first-order valence-electron chi connectivity index (χ1n) is 12.0. The molecule has 0 aromatic heterocycles. The number of rotatable bonds is 7. The molecule has 7 nitrogen and oxygen atoms in total. The maximum Gasteiger partial charge on any atom is 0.408 e. The van der Waals surface area contributed by atoms with E-state index in [0.29, 0.717) is 13.0 Å². The minimum Gasteiger partial charge on any atom is -0.481 e. The Morgan fingerprint density at radius 1 is 1.03 bits per heavy atom. The molecule has 1 aliphatic heterocycles. The van der Waals surface area contributed by atoms with Crippen LogP contribution in [0.5, 0.6) is 0 Å². The van der Waals surface area contributed by atoms with Gasteiger partial charge in [-0.25, -0.2) is 4.79 Å². The third-order valence-corrected chi connectivity index (χ3v) is 7.59. The van der Waals surface area contributed by atoms with Gasteiger partial charge in [-0.15, -0.1) is 0 Å². The standard InChI is InChI=1S/C27H30N2O5/c1-27(17-12-13-17,25(32)29-14-6-7-18(29)15-24(30)31)28-26(33)34-16-23-21-10-4-2-8-19(21)20-9-3-5-11-22(20)23/h2-5,8-11,17-18,23H,6-7,12-16H2,1H3,(H,28,33)(H,30,31)/t18-,27?/m0/s1. The monoisotopic (exact) mass is 462 g/mol. The fraction of sp³-hybridized carbons (Fsp3) is 0.444. The number of likely N-dealkylation sites (tertiary alicyclic amines) is 1. The Morgan fingerprint density at radius 2 is 1.65 bits per heavy atom. The summed E-state index contributed by atoms with van der Waals surface area (Å²) in [5.74, 6) is -1.14. The van der Waals surface area contributed by atoms with Crippen LogP contribution in [-0.2, 0) is 14.3 Å². The molecule has 2 fully saturated rings. The van der Waals surface area contributed by atoms with Gasteiger partial charge in [0, 0.05) is 18.5 Å². The summed E-state index contributed by atoms with van der Waals surface area (Å²) < 4.78 is 5.70. The summed E-state index contributed by atoms with van der Waals surface area (Å²) >= 11 is 0. The molecule has 1 heterocycles. The molecule has 1 saturated carbocycles. The summed E-state index contributed by atoms with van der Waals surface area (Å²) in [7, 11) is 0. The van der Waals surface area contributed by atoms with Crippen LogP contribution in [-0.4, -0.2) is 52.7 Å². The molecule has 0 spiro atoms. The number of nitrogens with zero attached hydrogens (tertiary/aromatic N) is 1. The zero-order valence-corrected chi connectivity index (χ0v) is 19.3. The van der Waals surface area contributed by atoms with Crippen molar-refractivity contribution in [3.05, 3.63) is 59.7 Å². The van der Waals surface area contributed by atoms with Gasteiger partial charge in [0.25, 0.3) is 0 Å². The third kappa shape index (κ3) is 4.04. The molecule has 1 unspecified atom stereocenters. The second kappa shape index (κ2) is 8.78. The number of carboxylic acids is 1. The molecule has 3 aliphatic rings. The first-order chi connectivity index (χ1) is 16.4. The topological polar surface area (TPSA) is 95.9 Å². The maximum absolute atomic E-state index is 13.5. The normalized spacial score (nSPS) is 20.9. The van der Waals surface area contributed by atoms with Crippen LogP contribution in [0.15, 0.2) is 48.5 Å². The largest absolute Gasteiger partial charge is 0.481 e. The summed E-state index contributed by atoms with van der Waals surface area (Å²) in [6, 6.07) is 16.0. The lowest BCUT2D eigenvalue weighted by molar-refractivity contribution is -0.143. The number of nitrogens with one attached hydrogen (secondary N) is 1. The Hall–Kier alpha value is -3.35. The van der Waals surface area contributed by atoms with Crippen molar-refractivity contribution in [2.75, 3.05) is 13.2 Å². The number of amides is 2. The van der Waals surface area contributed by atoms with Gasteiger partial charge in [-0.2, -0.15) is 0 Å². The Bertz CT molecular complexity index is 1080. The Labute approximate surface area is 199 Å². The fourth-order valence-electron chi connectivity index (χ4n) is 5.65. The predicted octanol–water partition coefficient (Wildman–Crippen LogP) is 4.16. The number of hydrogen-bond acceptors (Lipinski definition) is 4. The zero-order valence-electron chi connectivity index (χ0n) is 19.3. The third-order valence-electron chi connectivity index (χ3n) is 7.59. The molecular formula is C27H30N2O5. The number of carbonyl (C=O) groups excluding carboxylic acids is 2. The van der Waals surface area contributed by atoms with Crippen LogP contribution in [0.25, 0.3) is 11.1 Å². The average Bonchev–Trinajstić information content (AvgIpc) is 3.52. The van der Waals surface area contributed by atoms with Crippen molar-refractivity contribution in [1.29, 1.82) is 0 Å². The Kier molecular flexibility index (Phi) is 5.80. The van der Waals surface area contributed by atoms with Crippen LogP contribution in [0.2, 0.25) is 0 Å². The van der Waals surface area contributed by atoms with Gasteiger partial charge in [0.1, 0.15) is 12.1 Å². The lowest BCUT2D eigenvalue weighted by Gasteiger charge is -2.36. The molecule has 2 atom stereocenters. The van der Waals surface area contributed by atoms with Gasteiger partial charge >= 0.3 is 12.1 Å². The second-order valence-corrected chi connectivity index (χ2v) is 9.82. The molecule has 2 aromatic rings.